The normalized spacial score (nSPS) is 16.9. The van der Waals surface area contributed by atoms with Crippen molar-refractivity contribution in [2.75, 3.05) is 33.3 Å². The zero-order valence-corrected chi connectivity index (χ0v) is 19.1. The van der Waals surface area contributed by atoms with Crippen molar-refractivity contribution in [3.05, 3.63) is 29.8 Å². The van der Waals surface area contributed by atoms with Crippen LogP contribution in [-0.2, 0) is 0 Å². The highest BCUT2D eigenvalue weighted by Crippen LogP contribution is 2.32. The predicted octanol–water partition coefficient (Wildman–Crippen LogP) is 3.45. The molecular formula is C20H35IN4O. The van der Waals surface area contributed by atoms with Gasteiger partial charge in [0.2, 0.25) is 0 Å². The van der Waals surface area contributed by atoms with Crippen molar-refractivity contribution in [3.8, 4) is 5.75 Å². The molecule has 0 radical (unpaired) electrons. The monoisotopic (exact) mass is 474 g/mol. The van der Waals surface area contributed by atoms with Crippen LogP contribution in [0.25, 0.3) is 0 Å². The van der Waals surface area contributed by atoms with Crippen molar-refractivity contribution in [2.24, 2.45) is 4.99 Å². The van der Waals surface area contributed by atoms with E-state index in [2.05, 4.69) is 66.4 Å². The van der Waals surface area contributed by atoms with E-state index in [-0.39, 0.29) is 24.0 Å². The first-order valence-corrected chi connectivity index (χ1v) is 9.45. The van der Waals surface area contributed by atoms with Crippen LogP contribution in [-0.4, -0.2) is 56.2 Å². The van der Waals surface area contributed by atoms with Gasteiger partial charge in [-0.05, 0) is 45.7 Å². The van der Waals surface area contributed by atoms with Crippen molar-refractivity contribution in [1.82, 2.24) is 15.5 Å². The van der Waals surface area contributed by atoms with Crippen molar-refractivity contribution >= 4 is 29.9 Å². The first-order valence-electron chi connectivity index (χ1n) is 9.45. The maximum absolute atomic E-state index is 5.74. The molecule has 0 aromatic heterocycles. The summed E-state index contributed by atoms with van der Waals surface area (Å²) in [5.41, 5.74) is 1.29. The summed E-state index contributed by atoms with van der Waals surface area (Å²) in [7, 11) is 1.83. The number of halogens is 1. The third-order valence-electron chi connectivity index (χ3n) is 4.81. The summed E-state index contributed by atoms with van der Waals surface area (Å²) in [6.07, 6.45) is 1.04. The molecule has 0 saturated heterocycles. The molecule has 0 bridgehead atoms. The summed E-state index contributed by atoms with van der Waals surface area (Å²) in [4.78, 5) is 6.84. The third-order valence-corrected chi connectivity index (χ3v) is 4.81. The number of ether oxygens (including phenoxy) is 1. The summed E-state index contributed by atoms with van der Waals surface area (Å²) in [5.74, 6) is 2.36. The van der Waals surface area contributed by atoms with Crippen LogP contribution in [0.2, 0.25) is 0 Å². The van der Waals surface area contributed by atoms with E-state index in [1.54, 1.807) is 0 Å². The van der Waals surface area contributed by atoms with Gasteiger partial charge in [0.15, 0.2) is 5.96 Å². The molecule has 1 atom stereocenters. The minimum atomic E-state index is 0. The standard InChI is InChI=1S/C20H34N4O.HI/c1-15(2)24(16(3)4)12-11-22-20(21-5)23-14-17-10-13-25-19-9-7-6-8-18(17)19;/h6-9,15-17H,10-14H2,1-5H3,(H2,21,22,23);1H. The summed E-state index contributed by atoms with van der Waals surface area (Å²) in [6.45, 7) is 12.5. The van der Waals surface area contributed by atoms with Crippen LogP contribution < -0.4 is 15.4 Å². The minimum Gasteiger partial charge on any atom is -0.493 e. The molecule has 0 amide bonds. The van der Waals surface area contributed by atoms with E-state index in [0.717, 1.165) is 44.4 Å². The quantitative estimate of drug-likeness (QED) is 0.361. The van der Waals surface area contributed by atoms with Gasteiger partial charge in [-0.3, -0.25) is 9.89 Å². The van der Waals surface area contributed by atoms with E-state index in [0.29, 0.717) is 18.0 Å². The van der Waals surface area contributed by atoms with Gasteiger partial charge in [-0.15, -0.1) is 24.0 Å². The fourth-order valence-corrected chi connectivity index (χ4v) is 3.48. The fourth-order valence-electron chi connectivity index (χ4n) is 3.48. The maximum atomic E-state index is 5.74. The Kier molecular flexibility index (Phi) is 10.3. The van der Waals surface area contributed by atoms with E-state index in [9.17, 15) is 0 Å². The average molecular weight is 474 g/mol. The smallest absolute Gasteiger partial charge is 0.191 e. The number of benzene rings is 1. The second-order valence-corrected chi connectivity index (χ2v) is 7.18. The van der Waals surface area contributed by atoms with Gasteiger partial charge in [0, 0.05) is 44.7 Å². The number of fused-ring (bicyclic) bond motifs is 1. The Bertz CT molecular complexity index is 554. The SMILES string of the molecule is CN=C(NCCN(C(C)C)C(C)C)NCC1CCOc2ccccc21.I. The average Bonchev–Trinajstić information content (AvgIpc) is 2.60. The zero-order valence-electron chi connectivity index (χ0n) is 16.8. The lowest BCUT2D eigenvalue weighted by Gasteiger charge is -2.31. The number of hydrogen-bond donors (Lipinski definition) is 2. The molecule has 1 aromatic rings. The second kappa shape index (κ2) is 11.6. The summed E-state index contributed by atoms with van der Waals surface area (Å²) < 4.78 is 5.74. The summed E-state index contributed by atoms with van der Waals surface area (Å²) in [6, 6.07) is 9.44. The van der Waals surface area contributed by atoms with Crippen molar-refractivity contribution in [3.63, 3.8) is 0 Å². The van der Waals surface area contributed by atoms with Gasteiger partial charge in [-0.1, -0.05) is 18.2 Å². The predicted molar refractivity (Wildman–Crippen MR) is 121 cm³/mol. The van der Waals surface area contributed by atoms with Crippen molar-refractivity contribution in [1.29, 1.82) is 0 Å². The number of para-hydroxylation sites is 1. The van der Waals surface area contributed by atoms with Gasteiger partial charge in [-0.2, -0.15) is 0 Å². The van der Waals surface area contributed by atoms with E-state index in [1.165, 1.54) is 5.56 Å². The molecule has 2 N–H and O–H groups in total. The van der Waals surface area contributed by atoms with Gasteiger partial charge >= 0.3 is 0 Å². The number of nitrogens with zero attached hydrogens (tertiary/aromatic N) is 2. The Hall–Kier alpha value is -1.02. The molecule has 0 aliphatic carbocycles. The highest BCUT2D eigenvalue weighted by atomic mass is 127. The molecule has 5 nitrogen and oxygen atoms in total. The highest BCUT2D eigenvalue weighted by molar-refractivity contribution is 14.0. The fraction of sp³-hybridized carbons (Fsp3) is 0.650. The number of rotatable bonds is 7. The molecule has 1 heterocycles. The minimum absolute atomic E-state index is 0. The first kappa shape index (κ1) is 23.0. The van der Waals surface area contributed by atoms with Crippen LogP contribution in [0.4, 0.5) is 0 Å². The molecule has 1 aliphatic heterocycles. The zero-order chi connectivity index (χ0) is 18.2. The topological polar surface area (TPSA) is 48.9 Å². The lowest BCUT2D eigenvalue weighted by atomic mass is 9.93. The molecule has 1 aliphatic rings. The van der Waals surface area contributed by atoms with Crippen LogP contribution in [0, 0.1) is 0 Å². The Morgan fingerprint density at radius 2 is 1.88 bits per heavy atom. The Morgan fingerprint density at radius 3 is 2.54 bits per heavy atom. The molecule has 1 aromatic carbocycles. The third kappa shape index (κ3) is 6.61. The van der Waals surface area contributed by atoms with Gasteiger partial charge in [0.25, 0.3) is 0 Å². The lowest BCUT2D eigenvalue weighted by Crippen LogP contribution is -2.46. The Morgan fingerprint density at radius 1 is 1.19 bits per heavy atom. The summed E-state index contributed by atoms with van der Waals surface area (Å²) in [5, 5.41) is 6.92. The Labute approximate surface area is 176 Å². The Balaban J connectivity index is 0.00000338. The van der Waals surface area contributed by atoms with E-state index in [4.69, 9.17) is 4.74 Å². The number of nitrogens with one attached hydrogen (secondary N) is 2. The van der Waals surface area contributed by atoms with Crippen LogP contribution >= 0.6 is 24.0 Å². The summed E-state index contributed by atoms with van der Waals surface area (Å²) >= 11 is 0. The number of guanidine groups is 1. The number of hydrogen-bond acceptors (Lipinski definition) is 3. The highest BCUT2D eigenvalue weighted by Gasteiger charge is 2.21. The van der Waals surface area contributed by atoms with E-state index < -0.39 is 0 Å². The maximum Gasteiger partial charge on any atom is 0.191 e. The molecule has 6 heteroatoms. The van der Waals surface area contributed by atoms with E-state index in [1.807, 2.05) is 13.1 Å². The molecule has 0 saturated carbocycles. The van der Waals surface area contributed by atoms with Crippen LogP contribution in [0.5, 0.6) is 5.75 Å². The molecule has 26 heavy (non-hydrogen) atoms. The van der Waals surface area contributed by atoms with Crippen molar-refractivity contribution < 1.29 is 4.74 Å². The van der Waals surface area contributed by atoms with Gasteiger partial charge in [0.1, 0.15) is 5.75 Å². The van der Waals surface area contributed by atoms with Gasteiger partial charge in [-0.25, -0.2) is 0 Å². The van der Waals surface area contributed by atoms with E-state index >= 15 is 0 Å². The van der Waals surface area contributed by atoms with Crippen LogP contribution in [0.1, 0.15) is 45.6 Å². The lowest BCUT2D eigenvalue weighted by molar-refractivity contribution is 0.178. The van der Waals surface area contributed by atoms with Gasteiger partial charge in [0.05, 0.1) is 6.61 Å². The molecule has 0 spiro atoms. The molecule has 1 unspecified atom stereocenters. The van der Waals surface area contributed by atoms with Crippen molar-refractivity contribution in [2.45, 2.75) is 52.1 Å². The molecule has 148 valence electrons. The van der Waals surface area contributed by atoms with Crippen LogP contribution in [0.15, 0.2) is 29.3 Å². The molecule has 0 fully saturated rings. The largest absolute Gasteiger partial charge is 0.493 e. The number of aliphatic imine (C=N–C) groups is 1. The first-order chi connectivity index (χ1) is 12.0. The second-order valence-electron chi connectivity index (χ2n) is 7.18. The molecular weight excluding hydrogens is 439 g/mol. The molecule has 2 rings (SSSR count). The van der Waals surface area contributed by atoms with Crippen LogP contribution in [0.3, 0.4) is 0 Å². The van der Waals surface area contributed by atoms with Gasteiger partial charge < -0.3 is 15.4 Å².